The Morgan fingerprint density at radius 2 is 2.05 bits per heavy atom. The van der Waals surface area contributed by atoms with E-state index in [-0.39, 0.29) is 36.7 Å². The second-order valence-electron chi connectivity index (χ2n) is 9.24. The minimum Gasteiger partial charge on any atom is -0.394 e. The molecule has 10 nitrogen and oxygen atoms in total. The predicted octanol–water partition coefficient (Wildman–Crippen LogP) is 2.51. The van der Waals surface area contributed by atoms with Gasteiger partial charge < -0.3 is 25.4 Å². The largest absolute Gasteiger partial charge is 0.394 e. The highest BCUT2D eigenvalue weighted by molar-refractivity contribution is 6.32. The molecule has 192 valence electrons. The Labute approximate surface area is 219 Å². The Morgan fingerprint density at radius 1 is 1.24 bits per heavy atom. The number of aliphatic hydroxyl groups excluding tert-OH is 1. The van der Waals surface area contributed by atoms with Crippen molar-refractivity contribution in [1.82, 2.24) is 25.2 Å². The van der Waals surface area contributed by atoms with Gasteiger partial charge in [0.1, 0.15) is 17.4 Å². The van der Waals surface area contributed by atoms with Crippen LogP contribution in [0.3, 0.4) is 0 Å². The van der Waals surface area contributed by atoms with Crippen molar-refractivity contribution in [3.63, 3.8) is 0 Å². The van der Waals surface area contributed by atoms with Crippen molar-refractivity contribution in [1.29, 1.82) is 0 Å². The van der Waals surface area contributed by atoms with Crippen LogP contribution in [0.4, 0.5) is 5.95 Å². The van der Waals surface area contributed by atoms with Crippen molar-refractivity contribution in [2.45, 2.75) is 38.5 Å². The van der Waals surface area contributed by atoms with Crippen molar-refractivity contribution in [3.05, 3.63) is 70.0 Å². The summed E-state index contributed by atoms with van der Waals surface area (Å²) in [5.41, 5.74) is 3.63. The lowest BCUT2D eigenvalue weighted by molar-refractivity contribution is -0.126. The number of fused-ring (bicyclic) bond motifs is 1. The van der Waals surface area contributed by atoms with E-state index in [0.717, 1.165) is 11.1 Å². The van der Waals surface area contributed by atoms with Crippen molar-refractivity contribution >= 4 is 29.4 Å². The third-order valence-electron chi connectivity index (χ3n) is 6.53. The van der Waals surface area contributed by atoms with Crippen LogP contribution in [0.2, 0.25) is 5.02 Å². The molecule has 0 spiro atoms. The molecule has 1 aromatic carbocycles. The highest BCUT2D eigenvalue weighted by Gasteiger charge is 2.36. The summed E-state index contributed by atoms with van der Waals surface area (Å²) >= 11 is 6.36. The van der Waals surface area contributed by atoms with E-state index in [9.17, 15) is 14.7 Å². The third kappa shape index (κ3) is 5.13. The summed E-state index contributed by atoms with van der Waals surface area (Å²) in [4.78, 5) is 41.1. The monoisotopic (exact) mass is 522 g/mol. The number of nitrogens with zero attached hydrogens (tertiary/aromatic N) is 4. The first-order valence-corrected chi connectivity index (χ1v) is 12.4. The maximum Gasteiger partial charge on any atom is 0.273 e. The zero-order valence-corrected chi connectivity index (χ0v) is 21.2. The molecule has 2 aliphatic rings. The van der Waals surface area contributed by atoms with Crippen LogP contribution in [0.5, 0.6) is 0 Å². The third-order valence-corrected chi connectivity index (χ3v) is 6.81. The molecule has 0 aliphatic carbocycles. The molecule has 1 fully saturated rings. The maximum absolute atomic E-state index is 13.3. The molecule has 1 saturated heterocycles. The number of halogens is 1. The zero-order chi connectivity index (χ0) is 26.1. The van der Waals surface area contributed by atoms with E-state index in [0.29, 0.717) is 41.1 Å². The summed E-state index contributed by atoms with van der Waals surface area (Å²) in [5.74, 6) is -0.317. The van der Waals surface area contributed by atoms with Crippen molar-refractivity contribution in [2.75, 3.05) is 25.1 Å². The molecule has 37 heavy (non-hydrogen) atoms. The SMILES string of the molecule is Cc1cccc([C@@H](CO)NC(=O)[C@@H](C)N2Cc3ccc(-c4nc(NC5COC5)ncc4Cl)nc3C2=O)c1. The fourth-order valence-electron chi connectivity index (χ4n) is 4.31. The van der Waals surface area contributed by atoms with Gasteiger partial charge in [-0.25, -0.2) is 15.0 Å². The minimum atomic E-state index is -0.771. The summed E-state index contributed by atoms with van der Waals surface area (Å²) in [5, 5.41) is 16.2. The second kappa shape index (κ2) is 10.4. The van der Waals surface area contributed by atoms with Crippen LogP contribution in [0.15, 0.2) is 42.6 Å². The number of amides is 2. The van der Waals surface area contributed by atoms with Crippen LogP contribution in [0, 0.1) is 6.92 Å². The molecular weight excluding hydrogens is 496 g/mol. The zero-order valence-electron chi connectivity index (χ0n) is 20.4. The summed E-state index contributed by atoms with van der Waals surface area (Å²) in [7, 11) is 0. The first-order chi connectivity index (χ1) is 17.8. The quantitative estimate of drug-likeness (QED) is 0.411. The van der Waals surface area contributed by atoms with Gasteiger partial charge in [0.15, 0.2) is 0 Å². The van der Waals surface area contributed by atoms with E-state index in [2.05, 4.69) is 25.6 Å². The Hall–Kier alpha value is -3.60. The first-order valence-electron chi connectivity index (χ1n) is 12.0. The molecule has 2 aromatic heterocycles. The van der Waals surface area contributed by atoms with Crippen molar-refractivity contribution in [2.24, 2.45) is 0 Å². The molecule has 0 saturated carbocycles. The molecule has 11 heteroatoms. The Balaban J connectivity index is 1.32. The molecule has 2 aliphatic heterocycles. The van der Waals surface area contributed by atoms with Crippen molar-refractivity contribution in [3.8, 4) is 11.4 Å². The molecule has 2 atom stereocenters. The molecule has 0 unspecified atom stereocenters. The average molecular weight is 523 g/mol. The van der Waals surface area contributed by atoms with E-state index >= 15 is 0 Å². The predicted molar refractivity (Wildman–Crippen MR) is 137 cm³/mol. The smallest absolute Gasteiger partial charge is 0.273 e. The number of benzene rings is 1. The molecule has 2 amide bonds. The van der Waals surface area contributed by atoms with Gasteiger partial charge in [0, 0.05) is 12.1 Å². The van der Waals surface area contributed by atoms with Crippen LogP contribution < -0.4 is 10.6 Å². The average Bonchev–Trinajstić information content (AvgIpc) is 3.20. The number of anilines is 1. The van der Waals surface area contributed by atoms with Crippen LogP contribution in [0.1, 0.15) is 40.1 Å². The van der Waals surface area contributed by atoms with Crippen LogP contribution in [0.25, 0.3) is 11.4 Å². The van der Waals surface area contributed by atoms with E-state index in [1.165, 1.54) is 11.1 Å². The number of carbonyl (C=O) groups excluding carboxylic acids is 2. The number of nitrogens with one attached hydrogen (secondary N) is 2. The second-order valence-corrected chi connectivity index (χ2v) is 9.65. The van der Waals surface area contributed by atoms with Crippen LogP contribution in [-0.4, -0.2) is 68.7 Å². The minimum absolute atomic E-state index is 0.140. The standard InChI is InChI=1S/C26H27ClN6O4/c1-14-4-3-5-16(8-14)21(11-34)31-24(35)15(2)33-10-17-6-7-20(30-22(17)25(33)36)23-19(27)9-28-26(32-23)29-18-12-37-13-18/h3-9,15,18,21,34H,10-13H2,1-2H3,(H,31,35)(H,28,29,32)/t15-,21-/m1/s1. The number of aromatic nitrogens is 3. The van der Waals surface area contributed by atoms with Gasteiger partial charge in [0.25, 0.3) is 5.91 Å². The van der Waals surface area contributed by atoms with Gasteiger partial charge in [0.2, 0.25) is 11.9 Å². The first kappa shape index (κ1) is 25.1. The summed E-state index contributed by atoms with van der Waals surface area (Å²) in [6, 6.07) is 9.92. The highest BCUT2D eigenvalue weighted by atomic mass is 35.5. The van der Waals surface area contributed by atoms with Crippen molar-refractivity contribution < 1.29 is 19.4 Å². The summed E-state index contributed by atoms with van der Waals surface area (Å²) < 4.78 is 5.17. The molecular formula is C26H27ClN6O4. The van der Waals surface area contributed by atoms with Gasteiger partial charge in [-0.1, -0.05) is 47.5 Å². The Bertz CT molecular complexity index is 1350. The molecule has 3 N–H and O–H groups in total. The van der Waals surface area contributed by atoms with E-state index < -0.39 is 12.1 Å². The molecule has 3 aromatic rings. The van der Waals surface area contributed by atoms with Gasteiger partial charge in [-0.15, -0.1) is 0 Å². The Kier molecular flexibility index (Phi) is 7.05. The number of hydrogen-bond donors (Lipinski definition) is 3. The molecule has 4 heterocycles. The lowest BCUT2D eigenvalue weighted by Crippen LogP contribution is -2.46. The number of hydrogen-bond acceptors (Lipinski definition) is 8. The number of ether oxygens (including phenoxy) is 1. The van der Waals surface area contributed by atoms with Crippen LogP contribution >= 0.6 is 11.6 Å². The molecule has 0 bridgehead atoms. The van der Waals surface area contributed by atoms with Gasteiger partial charge in [-0.05, 0) is 25.5 Å². The summed E-state index contributed by atoms with van der Waals surface area (Å²) in [6.45, 7) is 4.76. The Morgan fingerprint density at radius 3 is 2.76 bits per heavy atom. The van der Waals surface area contributed by atoms with Crippen LogP contribution in [-0.2, 0) is 16.1 Å². The maximum atomic E-state index is 13.3. The highest BCUT2D eigenvalue weighted by Crippen LogP contribution is 2.30. The van der Waals surface area contributed by atoms with E-state index in [4.69, 9.17) is 16.3 Å². The van der Waals surface area contributed by atoms with Gasteiger partial charge in [-0.2, -0.15) is 0 Å². The molecule has 5 rings (SSSR count). The normalized spacial score (nSPS) is 16.6. The number of aryl methyl sites for hydroxylation is 1. The number of aliphatic hydroxyl groups is 1. The van der Waals surface area contributed by atoms with E-state index in [1.54, 1.807) is 19.1 Å². The van der Waals surface area contributed by atoms with Gasteiger partial charge in [-0.3, -0.25) is 9.59 Å². The number of rotatable bonds is 8. The number of carbonyl (C=O) groups is 2. The summed E-state index contributed by atoms with van der Waals surface area (Å²) in [6.07, 6.45) is 1.49. The van der Waals surface area contributed by atoms with E-state index in [1.807, 2.05) is 31.2 Å². The van der Waals surface area contributed by atoms with Gasteiger partial charge >= 0.3 is 0 Å². The fourth-order valence-corrected chi connectivity index (χ4v) is 4.50. The lowest BCUT2D eigenvalue weighted by atomic mass is 10.0. The number of pyridine rings is 1. The topological polar surface area (TPSA) is 130 Å². The lowest BCUT2D eigenvalue weighted by Gasteiger charge is -2.26. The fraction of sp³-hybridized carbons (Fsp3) is 0.346. The molecule has 0 radical (unpaired) electrons. The van der Waals surface area contributed by atoms with Gasteiger partial charge in [0.05, 0.1) is 48.8 Å².